The topological polar surface area (TPSA) is 92.3 Å². The van der Waals surface area contributed by atoms with E-state index in [1.807, 2.05) is 12.1 Å². The molecule has 6 nitrogen and oxygen atoms in total. The molecule has 0 aliphatic heterocycles. The first-order valence-corrected chi connectivity index (χ1v) is 10.3. The number of halogens is 1. The number of nitrogens with one attached hydrogen (secondary N) is 2. The summed E-state index contributed by atoms with van der Waals surface area (Å²) in [5.74, 6) is -0.719. The van der Waals surface area contributed by atoms with Crippen molar-refractivity contribution in [1.29, 1.82) is 0 Å². The average molecular weight is 409 g/mol. The number of hydrogen-bond acceptors (Lipinski definition) is 4. The third kappa shape index (κ3) is 7.03. The Hall–Kier alpha value is -2.38. The van der Waals surface area contributed by atoms with Gasteiger partial charge in [-0.15, -0.1) is 0 Å². The zero-order valence-corrected chi connectivity index (χ0v) is 16.4. The molecule has 0 heterocycles. The molecule has 2 amide bonds. The minimum atomic E-state index is -3.91. The highest BCUT2D eigenvalue weighted by Crippen LogP contribution is 2.13. The van der Waals surface area contributed by atoms with E-state index in [1.54, 1.807) is 24.3 Å². The highest BCUT2D eigenvalue weighted by molar-refractivity contribution is 7.90. The number of benzene rings is 2. The van der Waals surface area contributed by atoms with Gasteiger partial charge in [0.25, 0.3) is 10.0 Å². The summed E-state index contributed by atoms with van der Waals surface area (Å²) in [6.45, 7) is 1.72. The first kappa shape index (κ1) is 20.9. The van der Waals surface area contributed by atoms with Crippen LogP contribution >= 0.6 is 11.6 Å². The zero-order valence-electron chi connectivity index (χ0n) is 14.9. The molecule has 144 valence electrons. The van der Waals surface area contributed by atoms with Crippen LogP contribution < -0.4 is 10.0 Å². The molecular formula is C19H21ClN2O4S. The zero-order chi connectivity index (χ0) is 19.9. The van der Waals surface area contributed by atoms with Gasteiger partial charge < -0.3 is 5.32 Å². The minimum Gasteiger partial charge on any atom is -0.352 e. The summed E-state index contributed by atoms with van der Waals surface area (Å²) in [6, 6.07) is 13.3. The highest BCUT2D eigenvalue weighted by Gasteiger charge is 2.17. The van der Waals surface area contributed by atoms with Crippen molar-refractivity contribution in [2.45, 2.75) is 37.6 Å². The maximum absolute atomic E-state index is 12.3. The van der Waals surface area contributed by atoms with E-state index in [9.17, 15) is 18.0 Å². The maximum atomic E-state index is 12.3. The predicted molar refractivity (Wildman–Crippen MR) is 104 cm³/mol. The first-order chi connectivity index (χ1) is 12.8. The molecule has 2 rings (SSSR count). The molecule has 0 aromatic heterocycles. The summed E-state index contributed by atoms with van der Waals surface area (Å²) < 4.78 is 26.6. The molecule has 8 heteroatoms. The standard InChI is InChI=1S/C19H21ClN2O4S/c1-14(23)21-13-16-7-11-18(12-8-16)27(25,26)22-19(24)4-2-3-15-5-9-17(20)10-6-15/h5-12H,2-4,13H2,1H3,(H,21,23)(H,22,24). The highest BCUT2D eigenvalue weighted by atomic mass is 35.5. The van der Waals surface area contributed by atoms with Crippen LogP contribution in [0.25, 0.3) is 0 Å². The van der Waals surface area contributed by atoms with Gasteiger partial charge in [-0.2, -0.15) is 0 Å². The van der Waals surface area contributed by atoms with E-state index in [2.05, 4.69) is 10.0 Å². The summed E-state index contributed by atoms with van der Waals surface area (Å²) in [7, 11) is -3.91. The molecule has 2 N–H and O–H groups in total. The summed E-state index contributed by atoms with van der Waals surface area (Å²) in [4.78, 5) is 22.9. The van der Waals surface area contributed by atoms with Crippen molar-refractivity contribution in [2.75, 3.05) is 0 Å². The van der Waals surface area contributed by atoms with Gasteiger partial charge in [0, 0.05) is 24.9 Å². The largest absolute Gasteiger partial charge is 0.352 e. The van der Waals surface area contributed by atoms with E-state index in [0.29, 0.717) is 24.4 Å². The molecule has 0 aliphatic rings. The summed E-state index contributed by atoms with van der Waals surface area (Å²) in [5.41, 5.74) is 1.79. The number of sulfonamides is 1. The van der Waals surface area contributed by atoms with E-state index >= 15 is 0 Å². The number of hydrogen-bond donors (Lipinski definition) is 2. The number of aryl methyl sites for hydroxylation is 1. The lowest BCUT2D eigenvalue weighted by Crippen LogP contribution is -2.30. The average Bonchev–Trinajstić information content (AvgIpc) is 2.61. The van der Waals surface area contributed by atoms with Gasteiger partial charge in [0.15, 0.2) is 0 Å². The molecular weight excluding hydrogens is 388 g/mol. The van der Waals surface area contributed by atoms with Gasteiger partial charge in [-0.3, -0.25) is 9.59 Å². The van der Waals surface area contributed by atoms with Gasteiger partial charge in [0.05, 0.1) is 4.90 Å². The van der Waals surface area contributed by atoms with Crippen LogP contribution in [0.2, 0.25) is 5.02 Å². The minimum absolute atomic E-state index is 0.000117. The Kier molecular flexibility index (Phi) is 7.38. The van der Waals surface area contributed by atoms with Crippen molar-refractivity contribution in [3.05, 3.63) is 64.7 Å². The fourth-order valence-corrected chi connectivity index (χ4v) is 3.52. The molecule has 0 aliphatic carbocycles. The third-order valence-electron chi connectivity index (χ3n) is 3.81. The number of carbonyl (C=O) groups is 2. The molecule has 0 radical (unpaired) electrons. The van der Waals surface area contributed by atoms with Gasteiger partial charge in [-0.05, 0) is 48.2 Å². The van der Waals surface area contributed by atoms with E-state index in [1.165, 1.54) is 19.1 Å². The predicted octanol–water partition coefficient (Wildman–Crippen LogP) is 2.80. The molecule has 0 bridgehead atoms. The lowest BCUT2D eigenvalue weighted by atomic mass is 10.1. The van der Waals surface area contributed by atoms with E-state index in [0.717, 1.165) is 11.1 Å². The second kappa shape index (κ2) is 9.53. The quantitative estimate of drug-likeness (QED) is 0.702. The molecule has 2 aromatic rings. The molecule has 0 atom stereocenters. The number of rotatable bonds is 8. The Balaban J connectivity index is 1.86. The Morgan fingerprint density at radius 3 is 2.15 bits per heavy atom. The van der Waals surface area contributed by atoms with Crippen molar-refractivity contribution in [3.8, 4) is 0 Å². The number of amides is 2. The van der Waals surface area contributed by atoms with Crippen molar-refractivity contribution in [2.24, 2.45) is 0 Å². The summed E-state index contributed by atoms with van der Waals surface area (Å²) in [6.07, 6.45) is 1.28. The Morgan fingerprint density at radius 1 is 0.963 bits per heavy atom. The fourth-order valence-electron chi connectivity index (χ4n) is 2.38. The van der Waals surface area contributed by atoms with Crippen molar-refractivity contribution in [3.63, 3.8) is 0 Å². The molecule has 0 saturated heterocycles. The van der Waals surface area contributed by atoms with Crippen LogP contribution in [0.3, 0.4) is 0 Å². The summed E-state index contributed by atoms with van der Waals surface area (Å²) >= 11 is 5.82. The van der Waals surface area contributed by atoms with Crippen LogP contribution in [-0.2, 0) is 32.6 Å². The van der Waals surface area contributed by atoms with Crippen LogP contribution in [0.15, 0.2) is 53.4 Å². The first-order valence-electron chi connectivity index (χ1n) is 8.40. The van der Waals surface area contributed by atoms with Crippen molar-refractivity contribution in [1.82, 2.24) is 10.0 Å². The molecule has 0 unspecified atom stereocenters. The van der Waals surface area contributed by atoms with E-state index < -0.39 is 15.9 Å². The van der Waals surface area contributed by atoms with Crippen LogP contribution in [0, 0.1) is 0 Å². The SMILES string of the molecule is CC(=O)NCc1ccc(S(=O)(=O)NC(=O)CCCc2ccc(Cl)cc2)cc1. The fraction of sp³-hybridized carbons (Fsp3) is 0.263. The maximum Gasteiger partial charge on any atom is 0.264 e. The monoisotopic (exact) mass is 408 g/mol. The molecule has 0 spiro atoms. The van der Waals surface area contributed by atoms with E-state index in [-0.39, 0.29) is 17.2 Å². The third-order valence-corrected chi connectivity index (χ3v) is 5.45. The second-order valence-electron chi connectivity index (χ2n) is 6.06. The molecule has 0 saturated carbocycles. The lowest BCUT2D eigenvalue weighted by Gasteiger charge is -2.08. The number of carbonyl (C=O) groups excluding carboxylic acids is 2. The van der Waals surface area contributed by atoms with Crippen LogP contribution in [0.1, 0.15) is 30.9 Å². The van der Waals surface area contributed by atoms with Crippen molar-refractivity contribution < 1.29 is 18.0 Å². The van der Waals surface area contributed by atoms with Gasteiger partial charge >= 0.3 is 0 Å². The van der Waals surface area contributed by atoms with E-state index in [4.69, 9.17) is 11.6 Å². The van der Waals surface area contributed by atoms with Gasteiger partial charge in [0.2, 0.25) is 11.8 Å². The normalized spacial score (nSPS) is 11.0. The molecule has 2 aromatic carbocycles. The molecule has 0 fully saturated rings. The van der Waals surface area contributed by atoms with Crippen LogP contribution in [-0.4, -0.2) is 20.2 Å². The lowest BCUT2D eigenvalue weighted by molar-refractivity contribution is -0.120. The second-order valence-corrected chi connectivity index (χ2v) is 8.18. The van der Waals surface area contributed by atoms with Gasteiger partial charge in [0.1, 0.15) is 0 Å². The van der Waals surface area contributed by atoms with Crippen molar-refractivity contribution >= 4 is 33.4 Å². The van der Waals surface area contributed by atoms with Crippen LogP contribution in [0.5, 0.6) is 0 Å². The van der Waals surface area contributed by atoms with Gasteiger partial charge in [-0.1, -0.05) is 35.9 Å². The van der Waals surface area contributed by atoms with Crippen LogP contribution in [0.4, 0.5) is 0 Å². The summed E-state index contributed by atoms with van der Waals surface area (Å²) in [5, 5.41) is 3.27. The Bertz CT molecular complexity index is 894. The van der Waals surface area contributed by atoms with Gasteiger partial charge in [-0.25, -0.2) is 13.1 Å². The Morgan fingerprint density at radius 2 is 1.56 bits per heavy atom. The smallest absolute Gasteiger partial charge is 0.264 e. The Labute approximate surface area is 164 Å². The molecule has 27 heavy (non-hydrogen) atoms.